The maximum absolute atomic E-state index is 5.37. The normalized spacial score (nSPS) is 10.3. The predicted molar refractivity (Wildman–Crippen MR) is 78.3 cm³/mol. The summed E-state index contributed by atoms with van der Waals surface area (Å²) in [6.45, 7) is 3.11. The molecule has 0 fully saturated rings. The number of hydrogen-bond donors (Lipinski definition) is 3. The lowest BCUT2D eigenvalue weighted by atomic mass is 10.1. The summed E-state index contributed by atoms with van der Waals surface area (Å²) in [6, 6.07) is 0. The quantitative estimate of drug-likeness (QED) is 0.343. The van der Waals surface area contributed by atoms with Crippen molar-refractivity contribution < 1.29 is 4.74 Å². The van der Waals surface area contributed by atoms with Gasteiger partial charge >= 0.3 is 0 Å². The number of hydrazine groups is 1. The van der Waals surface area contributed by atoms with E-state index in [9.17, 15) is 0 Å². The average molecular weight is 267 g/mol. The van der Waals surface area contributed by atoms with E-state index in [4.69, 9.17) is 10.6 Å². The van der Waals surface area contributed by atoms with Gasteiger partial charge in [0.05, 0.1) is 7.11 Å². The van der Waals surface area contributed by atoms with Crippen molar-refractivity contribution in [1.29, 1.82) is 0 Å². The monoisotopic (exact) mass is 267 g/mol. The molecule has 0 unspecified atom stereocenters. The summed E-state index contributed by atoms with van der Waals surface area (Å²) in [5.41, 5.74) is 2.50. The van der Waals surface area contributed by atoms with Crippen LogP contribution >= 0.6 is 0 Å². The van der Waals surface area contributed by atoms with E-state index in [1.807, 2.05) is 0 Å². The number of anilines is 2. The zero-order chi connectivity index (χ0) is 13.9. The van der Waals surface area contributed by atoms with E-state index in [1.54, 1.807) is 7.11 Å². The van der Waals surface area contributed by atoms with Gasteiger partial charge in [0, 0.05) is 6.54 Å². The van der Waals surface area contributed by atoms with Gasteiger partial charge in [-0.1, -0.05) is 39.0 Å². The molecule has 0 spiro atoms. The van der Waals surface area contributed by atoms with Crippen molar-refractivity contribution in [3.05, 3.63) is 6.33 Å². The number of nitrogens with two attached hydrogens (primary N) is 1. The number of nitrogens with one attached hydrogen (secondary N) is 2. The van der Waals surface area contributed by atoms with Crippen molar-refractivity contribution in [2.75, 3.05) is 24.4 Å². The second kappa shape index (κ2) is 9.38. The van der Waals surface area contributed by atoms with Crippen molar-refractivity contribution in [2.24, 2.45) is 5.84 Å². The van der Waals surface area contributed by atoms with Gasteiger partial charge in [-0.25, -0.2) is 15.8 Å². The highest BCUT2D eigenvalue weighted by atomic mass is 16.5. The Labute approximate surface area is 115 Å². The SMILES string of the molecule is CCCCCCCCNc1ncnc(NN)c1OC. The van der Waals surface area contributed by atoms with Crippen LogP contribution in [0.5, 0.6) is 5.75 Å². The Morgan fingerprint density at radius 2 is 1.79 bits per heavy atom. The summed E-state index contributed by atoms with van der Waals surface area (Å²) in [4.78, 5) is 8.16. The molecule has 0 aliphatic heterocycles. The number of aromatic nitrogens is 2. The first kappa shape index (κ1) is 15.5. The maximum Gasteiger partial charge on any atom is 0.205 e. The first-order valence-electron chi connectivity index (χ1n) is 6.93. The highest BCUT2D eigenvalue weighted by Crippen LogP contribution is 2.27. The van der Waals surface area contributed by atoms with Crippen LogP contribution in [0.2, 0.25) is 0 Å². The molecule has 6 heteroatoms. The number of unbranched alkanes of at least 4 members (excludes halogenated alkanes) is 5. The molecule has 1 heterocycles. The molecular weight excluding hydrogens is 242 g/mol. The van der Waals surface area contributed by atoms with E-state index < -0.39 is 0 Å². The van der Waals surface area contributed by atoms with Crippen LogP contribution in [0.3, 0.4) is 0 Å². The average Bonchev–Trinajstić information content (AvgIpc) is 2.45. The number of methoxy groups -OCH3 is 1. The minimum atomic E-state index is 0.489. The number of hydrogen-bond acceptors (Lipinski definition) is 6. The molecule has 0 saturated carbocycles. The van der Waals surface area contributed by atoms with E-state index in [2.05, 4.69) is 27.6 Å². The van der Waals surface area contributed by atoms with Crippen molar-refractivity contribution in [3.8, 4) is 5.75 Å². The molecule has 0 radical (unpaired) electrons. The van der Waals surface area contributed by atoms with Gasteiger partial charge in [0.15, 0.2) is 11.6 Å². The van der Waals surface area contributed by atoms with Gasteiger partial charge < -0.3 is 15.5 Å². The van der Waals surface area contributed by atoms with Gasteiger partial charge in [-0.2, -0.15) is 0 Å². The van der Waals surface area contributed by atoms with E-state index in [1.165, 1.54) is 38.4 Å². The Kier molecular flexibility index (Phi) is 7.65. The summed E-state index contributed by atoms with van der Waals surface area (Å²) in [6.07, 6.45) is 9.07. The van der Waals surface area contributed by atoms with Gasteiger partial charge in [-0.05, 0) is 6.42 Å². The molecule has 0 aromatic carbocycles. The minimum absolute atomic E-state index is 0.489. The van der Waals surface area contributed by atoms with Gasteiger partial charge in [-0.15, -0.1) is 0 Å². The molecule has 0 atom stereocenters. The fourth-order valence-corrected chi connectivity index (χ4v) is 1.91. The van der Waals surface area contributed by atoms with E-state index in [0.29, 0.717) is 17.4 Å². The molecule has 1 rings (SSSR count). The molecule has 0 amide bonds. The topological polar surface area (TPSA) is 85.1 Å². The zero-order valence-corrected chi connectivity index (χ0v) is 11.9. The predicted octanol–water partition coefficient (Wildman–Crippen LogP) is 2.54. The second-order valence-corrected chi connectivity index (χ2v) is 4.44. The van der Waals surface area contributed by atoms with E-state index >= 15 is 0 Å². The number of rotatable bonds is 10. The Hall–Kier alpha value is -1.56. The van der Waals surface area contributed by atoms with Gasteiger partial charge in [-0.3, -0.25) is 0 Å². The maximum atomic E-state index is 5.37. The third-order valence-corrected chi connectivity index (χ3v) is 2.97. The van der Waals surface area contributed by atoms with Gasteiger partial charge in [0.25, 0.3) is 0 Å². The zero-order valence-electron chi connectivity index (χ0n) is 11.9. The first-order valence-corrected chi connectivity index (χ1v) is 6.93. The molecule has 6 nitrogen and oxygen atoms in total. The number of nitrogens with zero attached hydrogens (tertiary/aromatic N) is 2. The minimum Gasteiger partial charge on any atom is -0.490 e. The second-order valence-electron chi connectivity index (χ2n) is 4.44. The highest BCUT2D eigenvalue weighted by Gasteiger charge is 2.10. The van der Waals surface area contributed by atoms with Crippen LogP contribution in [0.4, 0.5) is 11.6 Å². The van der Waals surface area contributed by atoms with Crippen molar-refractivity contribution in [1.82, 2.24) is 9.97 Å². The standard InChI is InChI=1S/C13H25N5O/c1-3-4-5-6-7-8-9-15-12-11(19-2)13(18-14)17-10-16-12/h10H,3-9,14H2,1-2H3,(H2,15,16,17,18). The number of nitrogen functional groups attached to an aromatic ring is 1. The molecule has 0 aliphatic rings. The van der Waals surface area contributed by atoms with Crippen molar-refractivity contribution >= 4 is 11.6 Å². The molecule has 1 aromatic rings. The molecule has 19 heavy (non-hydrogen) atoms. The third-order valence-electron chi connectivity index (χ3n) is 2.97. The Balaban J connectivity index is 2.33. The Morgan fingerprint density at radius 1 is 1.11 bits per heavy atom. The largest absolute Gasteiger partial charge is 0.490 e. The summed E-state index contributed by atoms with van der Waals surface area (Å²) < 4.78 is 5.25. The highest BCUT2D eigenvalue weighted by molar-refractivity contribution is 5.62. The van der Waals surface area contributed by atoms with Crippen LogP contribution in [-0.2, 0) is 0 Å². The summed E-state index contributed by atoms with van der Waals surface area (Å²) in [5.74, 6) is 7.09. The fraction of sp³-hybridized carbons (Fsp3) is 0.692. The molecular formula is C13H25N5O. The Bertz CT molecular complexity index is 359. The first-order chi connectivity index (χ1) is 9.33. The van der Waals surface area contributed by atoms with Crippen LogP contribution in [0.15, 0.2) is 6.33 Å². The molecule has 1 aromatic heterocycles. The molecule has 0 bridgehead atoms. The van der Waals surface area contributed by atoms with Crippen LogP contribution in [0.1, 0.15) is 45.4 Å². The van der Waals surface area contributed by atoms with Gasteiger partial charge in [0.1, 0.15) is 6.33 Å². The summed E-state index contributed by atoms with van der Waals surface area (Å²) in [7, 11) is 1.58. The van der Waals surface area contributed by atoms with Crippen LogP contribution in [-0.4, -0.2) is 23.6 Å². The van der Waals surface area contributed by atoms with E-state index in [0.717, 1.165) is 13.0 Å². The van der Waals surface area contributed by atoms with Crippen LogP contribution in [0, 0.1) is 0 Å². The lowest BCUT2D eigenvalue weighted by Gasteiger charge is -2.12. The van der Waals surface area contributed by atoms with Crippen LogP contribution in [0.25, 0.3) is 0 Å². The lowest BCUT2D eigenvalue weighted by Crippen LogP contribution is -2.13. The van der Waals surface area contributed by atoms with Crippen molar-refractivity contribution in [2.45, 2.75) is 45.4 Å². The summed E-state index contributed by atoms with van der Waals surface area (Å²) >= 11 is 0. The molecule has 0 saturated heterocycles. The van der Waals surface area contributed by atoms with Crippen LogP contribution < -0.4 is 21.3 Å². The molecule has 108 valence electrons. The number of ether oxygens (including phenoxy) is 1. The lowest BCUT2D eigenvalue weighted by molar-refractivity contribution is 0.414. The smallest absolute Gasteiger partial charge is 0.205 e. The molecule has 0 aliphatic carbocycles. The van der Waals surface area contributed by atoms with Crippen molar-refractivity contribution in [3.63, 3.8) is 0 Å². The Morgan fingerprint density at radius 3 is 2.47 bits per heavy atom. The van der Waals surface area contributed by atoms with E-state index in [-0.39, 0.29) is 0 Å². The third kappa shape index (κ3) is 5.30. The fourth-order valence-electron chi connectivity index (χ4n) is 1.91. The van der Waals surface area contributed by atoms with Gasteiger partial charge in [0.2, 0.25) is 5.75 Å². The molecule has 4 N–H and O–H groups in total. The summed E-state index contributed by atoms with van der Waals surface area (Å²) in [5, 5.41) is 3.26.